The molecule has 2 heteroatoms. The fourth-order valence-corrected chi connectivity index (χ4v) is 1.00. The summed E-state index contributed by atoms with van der Waals surface area (Å²) in [6.45, 7) is 3.01. The molecule has 0 aromatic carbocycles. The minimum Gasteiger partial charge on any atom is -0.385 e. The smallest absolute Gasteiger partial charge is 0.0462 e. The Labute approximate surface area is 63.7 Å². The third kappa shape index (κ3) is 6.05. The van der Waals surface area contributed by atoms with Gasteiger partial charge in [0.1, 0.15) is 0 Å². The maximum atomic E-state index is 5.77. The van der Waals surface area contributed by atoms with E-state index in [9.17, 15) is 0 Å². The largest absolute Gasteiger partial charge is 0.385 e. The Morgan fingerprint density at radius 1 is 1.40 bits per heavy atom. The summed E-state index contributed by atoms with van der Waals surface area (Å²) in [5.74, 6) is 0. The predicted molar refractivity (Wildman–Crippen MR) is 44.0 cm³/mol. The lowest BCUT2D eigenvalue weighted by Crippen LogP contribution is -2.19. The van der Waals surface area contributed by atoms with Crippen LogP contribution in [0.4, 0.5) is 0 Å². The van der Waals surface area contributed by atoms with Crippen molar-refractivity contribution in [3.8, 4) is 0 Å². The molecule has 0 aliphatic rings. The summed E-state index contributed by atoms with van der Waals surface area (Å²) in [6, 6.07) is 0.389. The third-order valence-electron chi connectivity index (χ3n) is 1.58. The van der Waals surface area contributed by atoms with Gasteiger partial charge in [0.2, 0.25) is 0 Å². The first-order valence-electron chi connectivity index (χ1n) is 4.05. The lowest BCUT2D eigenvalue weighted by molar-refractivity contribution is 0.190. The minimum atomic E-state index is 0.389. The van der Waals surface area contributed by atoms with E-state index in [1.165, 1.54) is 6.42 Å². The van der Waals surface area contributed by atoms with E-state index in [-0.39, 0.29) is 0 Å². The zero-order valence-electron chi connectivity index (χ0n) is 7.10. The second-order valence-corrected chi connectivity index (χ2v) is 2.68. The van der Waals surface area contributed by atoms with Crippen molar-refractivity contribution in [2.24, 2.45) is 5.73 Å². The maximum Gasteiger partial charge on any atom is 0.0462 e. The first-order chi connectivity index (χ1) is 4.81. The Morgan fingerprint density at radius 3 is 2.60 bits per heavy atom. The average Bonchev–Trinajstić information content (AvgIpc) is 1.89. The van der Waals surface area contributed by atoms with E-state index in [2.05, 4.69) is 6.92 Å². The fraction of sp³-hybridized carbons (Fsp3) is 1.00. The van der Waals surface area contributed by atoms with Crippen molar-refractivity contribution in [3.63, 3.8) is 0 Å². The number of hydrogen-bond acceptors (Lipinski definition) is 2. The molecule has 0 rings (SSSR count). The van der Waals surface area contributed by atoms with Crippen LogP contribution in [0.5, 0.6) is 0 Å². The Kier molecular flexibility index (Phi) is 6.98. The Morgan fingerprint density at radius 2 is 2.10 bits per heavy atom. The van der Waals surface area contributed by atoms with E-state index < -0.39 is 0 Å². The van der Waals surface area contributed by atoms with Crippen LogP contribution in [0.15, 0.2) is 0 Å². The van der Waals surface area contributed by atoms with Crippen molar-refractivity contribution in [3.05, 3.63) is 0 Å². The summed E-state index contributed by atoms with van der Waals surface area (Å²) >= 11 is 0. The maximum absolute atomic E-state index is 5.77. The Hall–Kier alpha value is -0.0800. The normalized spacial score (nSPS) is 13.5. The lowest BCUT2D eigenvalue weighted by Gasteiger charge is -2.08. The second-order valence-electron chi connectivity index (χ2n) is 2.68. The summed E-state index contributed by atoms with van der Waals surface area (Å²) in [6.07, 6.45) is 4.53. The van der Waals surface area contributed by atoms with Crippen molar-refractivity contribution in [2.75, 3.05) is 13.7 Å². The molecule has 0 heterocycles. The van der Waals surface area contributed by atoms with Gasteiger partial charge in [-0.25, -0.2) is 0 Å². The number of ether oxygens (including phenoxy) is 1. The number of nitrogens with two attached hydrogens (primary N) is 1. The van der Waals surface area contributed by atoms with Crippen molar-refractivity contribution >= 4 is 0 Å². The zero-order chi connectivity index (χ0) is 7.82. The van der Waals surface area contributed by atoms with Gasteiger partial charge in [0.15, 0.2) is 0 Å². The monoisotopic (exact) mass is 145 g/mol. The van der Waals surface area contributed by atoms with Gasteiger partial charge in [-0.2, -0.15) is 0 Å². The Balaban J connectivity index is 2.97. The zero-order valence-corrected chi connectivity index (χ0v) is 7.10. The molecular formula is C8H19NO. The molecule has 0 radical (unpaired) electrons. The molecule has 62 valence electrons. The molecule has 0 aromatic heterocycles. The summed E-state index contributed by atoms with van der Waals surface area (Å²) in [7, 11) is 1.73. The number of hydrogen-bond donors (Lipinski definition) is 1. The molecule has 0 saturated heterocycles. The van der Waals surface area contributed by atoms with E-state index in [1.807, 2.05) is 0 Å². The molecule has 0 fully saturated rings. The molecule has 1 unspecified atom stereocenters. The average molecular weight is 145 g/mol. The van der Waals surface area contributed by atoms with Gasteiger partial charge in [-0.3, -0.25) is 0 Å². The van der Waals surface area contributed by atoms with Gasteiger partial charge in [-0.15, -0.1) is 0 Å². The summed E-state index contributed by atoms with van der Waals surface area (Å²) in [5.41, 5.74) is 5.77. The topological polar surface area (TPSA) is 35.2 Å². The molecule has 1 atom stereocenters. The van der Waals surface area contributed by atoms with Crippen LogP contribution in [-0.4, -0.2) is 19.8 Å². The minimum absolute atomic E-state index is 0.389. The molecule has 0 aliphatic carbocycles. The highest BCUT2D eigenvalue weighted by Gasteiger charge is 1.98. The summed E-state index contributed by atoms with van der Waals surface area (Å²) in [5, 5.41) is 0. The predicted octanol–water partition coefficient (Wildman–Crippen LogP) is 1.54. The van der Waals surface area contributed by atoms with Gasteiger partial charge in [0.05, 0.1) is 0 Å². The van der Waals surface area contributed by atoms with E-state index >= 15 is 0 Å². The van der Waals surface area contributed by atoms with Crippen molar-refractivity contribution in [1.82, 2.24) is 0 Å². The van der Waals surface area contributed by atoms with E-state index in [0.717, 1.165) is 25.9 Å². The van der Waals surface area contributed by atoms with E-state index in [4.69, 9.17) is 10.5 Å². The molecule has 2 N–H and O–H groups in total. The SMILES string of the molecule is CCCC(N)CCCOC. The quantitative estimate of drug-likeness (QED) is 0.575. The molecule has 2 nitrogen and oxygen atoms in total. The van der Waals surface area contributed by atoms with Crippen molar-refractivity contribution in [1.29, 1.82) is 0 Å². The van der Waals surface area contributed by atoms with Crippen LogP contribution in [-0.2, 0) is 4.74 Å². The van der Waals surface area contributed by atoms with Gasteiger partial charge in [-0.1, -0.05) is 13.3 Å². The van der Waals surface area contributed by atoms with Gasteiger partial charge in [0.25, 0.3) is 0 Å². The highest BCUT2D eigenvalue weighted by Crippen LogP contribution is 2.01. The molecule has 0 amide bonds. The van der Waals surface area contributed by atoms with Crippen molar-refractivity contribution in [2.45, 2.75) is 38.6 Å². The van der Waals surface area contributed by atoms with Crippen LogP contribution in [0.2, 0.25) is 0 Å². The van der Waals surface area contributed by atoms with Crippen LogP contribution in [0, 0.1) is 0 Å². The first kappa shape index (κ1) is 9.92. The third-order valence-corrected chi connectivity index (χ3v) is 1.58. The number of rotatable bonds is 6. The first-order valence-corrected chi connectivity index (χ1v) is 4.05. The molecule has 0 spiro atoms. The molecule has 10 heavy (non-hydrogen) atoms. The van der Waals surface area contributed by atoms with Gasteiger partial charge in [-0.05, 0) is 19.3 Å². The molecule has 0 bridgehead atoms. The fourth-order valence-electron chi connectivity index (χ4n) is 1.00. The van der Waals surface area contributed by atoms with Crippen molar-refractivity contribution < 1.29 is 4.74 Å². The van der Waals surface area contributed by atoms with Gasteiger partial charge >= 0.3 is 0 Å². The van der Waals surface area contributed by atoms with Crippen LogP contribution < -0.4 is 5.73 Å². The van der Waals surface area contributed by atoms with Gasteiger partial charge < -0.3 is 10.5 Å². The molecule has 0 aliphatic heterocycles. The van der Waals surface area contributed by atoms with E-state index in [0.29, 0.717) is 6.04 Å². The van der Waals surface area contributed by atoms with Crippen LogP contribution in [0.25, 0.3) is 0 Å². The molecule has 0 aromatic rings. The number of methoxy groups -OCH3 is 1. The lowest BCUT2D eigenvalue weighted by atomic mass is 10.1. The molecular weight excluding hydrogens is 126 g/mol. The summed E-state index contributed by atoms with van der Waals surface area (Å²) in [4.78, 5) is 0. The highest BCUT2D eigenvalue weighted by atomic mass is 16.5. The van der Waals surface area contributed by atoms with Crippen LogP contribution in [0.1, 0.15) is 32.6 Å². The standard InChI is InChI=1S/C8H19NO/c1-3-5-8(9)6-4-7-10-2/h8H,3-7,9H2,1-2H3. The Bertz CT molecular complexity index is 66.3. The second kappa shape index (κ2) is 7.03. The van der Waals surface area contributed by atoms with Crippen LogP contribution in [0.3, 0.4) is 0 Å². The van der Waals surface area contributed by atoms with Gasteiger partial charge in [0, 0.05) is 19.8 Å². The van der Waals surface area contributed by atoms with E-state index in [1.54, 1.807) is 7.11 Å². The highest BCUT2D eigenvalue weighted by molar-refractivity contribution is 4.59. The molecule has 0 saturated carbocycles. The van der Waals surface area contributed by atoms with Crippen LogP contribution >= 0.6 is 0 Å². The summed E-state index contributed by atoms with van der Waals surface area (Å²) < 4.78 is 4.91.